The first-order valence-electron chi connectivity index (χ1n) is 10.2. The van der Waals surface area contributed by atoms with Crippen molar-refractivity contribution in [3.63, 3.8) is 0 Å². The highest BCUT2D eigenvalue weighted by Gasteiger charge is 2.40. The van der Waals surface area contributed by atoms with Crippen LogP contribution in [-0.4, -0.2) is 81.5 Å². The highest BCUT2D eigenvalue weighted by atomic mass is 16.4. The number of hydrogen-bond acceptors (Lipinski definition) is 7. The molecule has 0 bridgehead atoms. The standard InChI is InChI=1S/C19H33N5O7/c1-9(2)7-12(19(30)31)22-17(28)13-5-4-6-24(13)18(29)15(10(3)25)23-16(27)11(20)8-14(21)26/h9-13,15,25H,4-8,20H2,1-3H3,(H2,21,26)(H,22,28)(H,23,27)(H,30,31). The summed E-state index contributed by atoms with van der Waals surface area (Å²) in [6.07, 6.45) is -0.713. The summed E-state index contributed by atoms with van der Waals surface area (Å²) in [6, 6.07) is -4.72. The Balaban J connectivity index is 2.92. The fourth-order valence-electron chi connectivity index (χ4n) is 3.40. The van der Waals surface area contributed by atoms with Crippen LogP contribution in [-0.2, 0) is 24.0 Å². The molecule has 1 rings (SSSR count). The number of nitrogens with one attached hydrogen (secondary N) is 2. The lowest BCUT2D eigenvalue weighted by Crippen LogP contribution is -2.59. The van der Waals surface area contributed by atoms with Gasteiger partial charge in [0.1, 0.15) is 18.1 Å². The number of hydrogen-bond donors (Lipinski definition) is 6. The van der Waals surface area contributed by atoms with Gasteiger partial charge < -0.3 is 37.2 Å². The largest absolute Gasteiger partial charge is 0.480 e. The van der Waals surface area contributed by atoms with Crippen molar-refractivity contribution in [2.24, 2.45) is 17.4 Å². The second-order valence-electron chi connectivity index (χ2n) is 8.22. The van der Waals surface area contributed by atoms with Crippen LogP contribution in [0.2, 0.25) is 0 Å². The number of carbonyl (C=O) groups is 5. The van der Waals surface area contributed by atoms with Crippen molar-refractivity contribution in [1.82, 2.24) is 15.5 Å². The smallest absolute Gasteiger partial charge is 0.326 e. The van der Waals surface area contributed by atoms with E-state index in [0.29, 0.717) is 12.8 Å². The van der Waals surface area contributed by atoms with Crippen molar-refractivity contribution >= 4 is 29.6 Å². The summed E-state index contributed by atoms with van der Waals surface area (Å²) in [4.78, 5) is 61.5. The van der Waals surface area contributed by atoms with Crippen LogP contribution in [0.3, 0.4) is 0 Å². The Morgan fingerprint density at radius 3 is 2.23 bits per heavy atom. The number of aliphatic hydroxyl groups is 1. The number of nitrogens with two attached hydrogens (primary N) is 2. The Kier molecular flexibility index (Phi) is 9.85. The molecule has 0 aromatic carbocycles. The maximum Gasteiger partial charge on any atom is 0.326 e. The lowest BCUT2D eigenvalue weighted by molar-refractivity contribution is -0.146. The summed E-state index contributed by atoms with van der Waals surface area (Å²) in [6.45, 7) is 5.14. The lowest BCUT2D eigenvalue weighted by Gasteiger charge is -2.31. The van der Waals surface area contributed by atoms with Gasteiger partial charge in [-0.1, -0.05) is 13.8 Å². The minimum absolute atomic E-state index is 0.0298. The average molecular weight is 444 g/mol. The van der Waals surface area contributed by atoms with Gasteiger partial charge in [-0.3, -0.25) is 19.2 Å². The van der Waals surface area contributed by atoms with E-state index in [9.17, 15) is 34.2 Å². The summed E-state index contributed by atoms with van der Waals surface area (Å²) < 4.78 is 0. The van der Waals surface area contributed by atoms with E-state index in [-0.39, 0.29) is 18.9 Å². The van der Waals surface area contributed by atoms with Crippen molar-refractivity contribution in [2.75, 3.05) is 6.54 Å². The van der Waals surface area contributed by atoms with Gasteiger partial charge in [-0.05, 0) is 32.1 Å². The van der Waals surface area contributed by atoms with Crippen LogP contribution in [0, 0.1) is 5.92 Å². The second kappa shape index (κ2) is 11.6. The molecular weight excluding hydrogens is 410 g/mol. The van der Waals surface area contributed by atoms with E-state index >= 15 is 0 Å². The number of aliphatic hydroxyl groups excluding tert-OH is 1. The molecule has 8 N–H and O–H groups in total. The third kappa shape index (κ3) is 7.79. The van der Waals surface area contributed by atoms with Crippen molar-refractivity contribution in [3.05, 3.63) is 0 Å². The summed E-state index contributed by atoms with van der Waals surface area (Å²) in [7, 11) is 0. The molecule has 0 saturated carbocycles. The number of carbonyl (C=O) groups excluding carboxylic acids is 4. The number of amides is 4. The van der Waals surface area contributed by atoms with Crippen LogP contribution >= 0.6 is 0 Å². The number of rotatable bonds is 11. The maximum atomic E-state index is 13.0. The van der Waals surface area contributed by atoms with E-state index in [1.54, 1.807) is 0 Å². The fraction of sp³-hybridized carbons (Fsp3) is 0.737. The molecular formula is C19H33N5O7. The van der Waals surface area contributed by atoms with E-state index in [2.05, 4.69) is 10.6 Å². The molecule has 5 atom stereocenters. The van der Waals surface area contributed by atoms with Gasteiger partial charge in [0.2, 0.25) is 23.6 Å². The van der Waals surface area contributed by atoms with Gasteiger partial charge in [0.05, 0.1) is 18.6 Å². The Labute approximate surface area is 180 Å². The van der Waals surface area contributed by atoms with Gasteiger partial charge in [-0.25, -0.2) is 4.79 Å². The number of primary amides is 1. The normalized spacial score (nSPS) is 19.9. The van der Waals surface area contributed by atoms with E-state index in [0.717, 1.165) is 0 Å². The first-order valence-corrected chi connectivity index (χ1v) is 10.2. The Morgan fingerprint density at radius 2 is 1.74 bits per heavy atom. The summed E-state index contributed by atoms with van der Waals surface area (Å²) in [5.41, 5.74) is 10.6. The first kappa shape index (κ1) is 26.3. The SMILES string of the molecule is CC(C)CC(NC(=O)C1CCCN1C(=O)C(NC(=O)C(N)CC(N)=O)C(C)O)C(=O)O. The molecule has 31 heavy (non-hydrogen) atoms. The number of carboxylic acids is 1. The van der Waals surface area contributed by atoms with Gasteiger partial charge in [-0.2, -0.15) is 0 Å². The summed E-state index contributed by atoms with van der Waals surface area (Å²) in [5, 5.41) is 24.1. The zero-order valence-electron chi connectivity index (χ0n) is 18.0. The van der Waals surface area contributed by atoms with Gasteiger partial charge >= 0.3 is 5.97 Å². The highest BCUT2D eigenvalue weighted by molar-refractivity contribution is 5.95. The molecule has 1 aliphatic heterocycles. The molecule has 0 spiro atoms. The van der Waals surface area contributed by atoms with Crippen molar-refractivity contribution < 1.29 is 34.2 Å². The maximum absolute atomic E-state index is 13.0. The summed E-state index contributed by atoms with van der Waals surface area (Å²) >= 11 is 0. The molecule has 1 fully saturated rings. The van der Waals surface area contributed by atoms with E-state index in [4.69, 9.17) is 11.5 Å². The monoisotopic (exact) mass is 443 g/mol. The third-order valence-electron chi connectivity index (χ3n) is 4.96. The van der Waals surface area contributed by atoms with Gasteiger partial charge in [0.25, 0.3) is 0 Å². The van der Waals surface area contributed by atoms with Crippen LogP contribution < -0.4 is 22.1 Å². The molecule has 176 valence electrons. The predicted molar refractivity (Wildman–Crippen MR) is 109 cm³/mol. The molecule has 1 heterocycles. The topological polar surface area (TPSA) is 205 Å². The second-order valence-corrected chi connectivity index (χ2v) is 8.22. The first-order chi connectivity index (χ1) is 14.3. The lowest BCUT2D eigenvalue weighted by atomic mass is 10.0. The molecule has 1 aliphatic rings. The van der Waals surface area contributed by atoms with E-state index in [1.165, 1.54) is 11.8 Å². The zero-order valence-corrected chi connectivity index (χ0v) is 18.0. The van der Waals surface area contributed by atoms with Crippen LogP contribution in [0.15, 0.2) is 0 Å². The number of nitrogens with zero attached hydrogens (tertiary/aromatic N) is 1. The van der Waals surface area contributed by atoms with Crippen molar-refractivity contribution in [3.8, 4) is 0 Å². The van der Waals surface area contributed by atoms with Crippen LogP contribution in [0.4, 0.5) is 0 Å². The quantitative estimate of drug-likeness (QED) is 0.203. The predicted octanol–water partition coefficient (Wildman–Crippen LogP) is -2.34. The fourth-order valence-corrected chi connectivity index (χ4v) is 3.40. The van der Waals surface area contributed by atoms with Gasteiger partial charge in [0, 0.05) is 6.54 Å². The van der Waals surface area contributed by atoms with Crippen molar-refractivity contribution in [2.45, 2.75) is 76.7 Å². The van der Waals surface area contributed by atoms with Gasteiger partial charge in [-0.15, -0.1) is 0 Å². The summed E-state index contributed by atoms with van der Waals surface area (Å²) in [5.74, 6) is -4.10. The van der Waals surface area contributed by atoms with E-state index < -0.39 is 66.3 Å². The number of aliphatic carboxylic acids is 1. The molecule has 12 nitrogen and oxygen atoms in total. The van der Waals surface area contributed by atoms with Crippen LogP contribution in [0.5, 0.6) is 0 Å². The van der Waals surface area contributed by atoms with Crippen LogP contribution in [0.25, 0.3) is 0 Å². The Morgan fingerprint density at radius 1 is 1.13 bits per heavy atom. The Bertz CT molecular complexity index is 697. The molecule has 0 aromatic heterocycles. The molecule has 0 radical (unpaired) electrons. The minimum Gasteiger partial charge on any atom is -0.480 e. The number of carboxylic acid groups (broad SMARTS) is 1. The zero-order chi connectivity index (χ0) is 23.9. The molecule has 5 unspecified atom stereocenters. The van der Waals surface area contributed by atoms with Gasteiger partial charge in [0.15, 0.2) is 0 Å². The molecule has 0 aliphatic carbocycles. The minimum atomic E-state index is -1.40. The van der Waals surface area contributed by atoms with Crippen LogP contribution in [0.1, 0.15) is 46.5 Å². The average Bonchev–Trinajstić information content (AvgIpc) is 3.13. The third-order valence-corrected chi connectivity index (χ3v) is 4.96. The number of likely N-dealkylation sites (tertiary alicyclic amines) is 1. The molecule has 12 heteroatoms. The van der Waals surface area contributed by atoms with Crippen molar-refractivity contribution in [1.29, 1.82) is 0 Å². The molecule has 4 amide bonds. The molecule has 0 aromatic rings. The van der Waals surface area contributed by atoms with E-state index in [1.807, 2.05) is 13.8 Å². The molecule has 1 saturated heterocycles. The highest BCUT2D eigenvalue weighted by Crippen LogP contribution is 2.20. The Hall–Kier alpha value is -2.73.